The number of ether oxygens (including phenoxy) is 3. The van der Waals surface area contributed by atoms with Crippen LogP contribution in [0, 0.1) is 19.7 Å². The molecule has 240 valence electrons. The van der Waals surface area contributed by atoms with E-state index in [1.807, 2.05) is 30.3 Å². The Kier molecular flexibility index (Phi) is 8.86. The molecule has 1 N–H and O–H groups in total. The van der Waals surface area contributed by atoms with E-state index in [2.05, 4.69) is 20.3 Å². The molecule has 0 atom stereocenters. The minimum atomic E-state index is -4.65. The SMILES string of the molecule is Cc1cc(NC(=O)OC(C)(C)C)cnc1-c1c(C)c2ncnc(OCC(F)(F)F)c2n1-c1ccc(OCc2ccccc2)cc1F. The molecule has 5 aromatic rings. The Hall–Kier alpha value is -5.20. The first-order valence-corrected chi connectivity index (χ1v) is 14.2. The third-order valence-corrected chi connectivity index (χ3v) is 6.68. The Morgan fingerprint density at radius 2 is 1.70 bits per heavy atom. The van der Waals surface area contributed by atoms with Gasteiger partial charge < -0.3 is 14.2 Å². The molecule has 0 unspecified atom stereocenters. The van der Waals surface area contributed by atoms with Crippen LogP contribution in [0.3, 0.4) is 0 Å². The summed E-state index contributed by atoms with van der Waals surface area (Å²) in [7, 11) is 0. The number of aromatic nitrogens is 4. The first-order chi connectivity index (χ1) is 21.7. The van der Waals surface area contributed by atoms with Gasteiger partial charge in [-0.1, -0.05) is 30.3 Å². The number of amides is 1. The van der Waals surface area contributed by atoms with Crippen molar-refractivity contribution in [3.8, 4) is 28.7 Å². The van der Waals surface area contributed by atoms with E-state index in [4.69, 9.17) is 14.2 Å². The van der Waals surface area contributed by atoms with Gasteiger partial charge in [-0.3, -0.25) is 14.9 Å². The number of aryl methyl sites for hydroxylation is 2. The van der Waals surface area contributed by atoms with Crippen LogP contribution < -0.4 is 14.8 Å². The fourth-order valence-corrected chi connectivity index (χ4v) is 4.82. The van der Waals surface area contributed by atoms with Crippen LogP contribution in [0.2, 0.25) is 0 Å². The maximum atomic E-state index is 16.0. The van der Waals surface area contributed by atoms with Gasteiger partial charge in [0.25, 0.3) is 0 Å². The van der Waals surface area contributed by atoms with Crippen LogP contribution in [0.15, 0.2) is 67.1 Å². The molecule has 0 aliphatic rings. The Morgan fingerprint density at radius 1 is 0.957 bits per heavy atom. The Morgan fingerprint density at radius 3 is 2.35 bits per heavy atom. The number of hydrogen-bond acceptors (Lipinski definition) is 7. The van der Waals surface area contributed by atoms with Gasteiger partial charge >= 0.3 is 12.3 Å². The highest BCUT2D eigenvalue weighted by atomic mass is 19.4. The summed E-state index contributed by atoms with van der Waals surface area (Å²) in [4.78, 5) is 25.2. The summed E-state index contributed by atoms with van der Waals surface area (Å²) in [6, 6.07) is 15.2. The van der Waals surface area contributed by atoms with E-state index >= 15 is 4.39 Å². The number of pyridine rings is 1. The number of carbonyl (C=O) groups is 1. The van der Waals surface area contributed by atoms with Crippen molar-refractivity contribution < 1.29 is 36.6 Å². The highest BCUT2D eigenvalue weighted by molar-refractivity contribution is 5.94. The molecule has 3 aromatic heterocycles. The zero-order valence-electron chi connectivity index (χ0n) is 25.7. The second kappa shape index (κ2) is 12.7. The number of halogens is 4. The van der Waals surface area contributed by atoms with Gasteiger partial charge in [0.05, 0.1) is 34.5 Å². The van der Waals surface area contributed by atoms with Crippen molar-refractivity contribution >= 4 is 22.8 Å². The fourth-order valence-electron chi connectivity index (χ4n) is 4.82. The zero-order valence-corrected chi connectivity index (χ0v) is 25.7. The molecular formula is C33H31F4N5O4. The van der Waals surface area contributed by atoms with Crippen molar-refractivity contribution in [3.05, 3.63) is 89.6 Å². The van der Waals surface area contributed by atoms with E-state index in [0.717, 1.165) is 11.9 Å². The molecule has 0 aliphatic heterocycles. The normalized spacial score (nSPS) is 11.8. The molecular weight excluding hydrogens is 606 g/mol. The minimum absolute atomic E-state index is 0.0215. The van der Waals surface area contributed by atoms with Crippen LogP contribution in [0.4, 0.5) is 28.0 Å². The number of rotatable bonds is 8. The van der Waals surface area contributed by atoms with E-state index < -0.39 is 30.3 Å². The molecule has 3 heterocycles. The molecule has 0 bridgehead atoms. The second-order valence-corrected chi connectivity index (χ2v) is 11.5. The first kappa shape index (κ1) is 32.2. The zero-order chi connectivity index (χ0) is 33.2. The Labute approximate surface area is 262 Å². The molecule has 0 saturated carbocycles. The van der Waals surface area contributed by atoms with E-state index in [9.17, 15) is 18.0 Å². The van der Waals surface area contributed by atoms with Gasteiger partial charge in [0.1, 0.15) is 29.8 Å². The van der Waals surface area contributed by atoms with Crippen molar-refractivity contribution in [2.45, 2.75) is 53.0 Å². The molecule has 5 rings (SSSR count). The van der Waals surface area contributed by atoms with Crippen molar-refractivity contribution in [1.82, 2.24) is 19.5 Å². The molecule has 46 heavy (non-hydrogen) atoms. The van der Waals surface area contributed by atoms with Crippen molar-refractivity contribution in [3.63, 3.8) is 0 Å². The van der Waals surface area contributed by atoms with Crippen LogP contribution in [0.1, 0.15) is 37.5 Å². The highest BCUT2D eigenvalue weighted by Gasteiger charge is 2.31. The van der Waals surface area contributed by atoms with Gasteiger partial charge in [-0.05, 0) is 63.9 Å². The predicted molar refractivity (Wildman–Crippen MR) is 164 cm³/mol. The Balaban J connectivity index is 1.62. The van der Waals surface area contributed by atoms with E-state index in [1.54, 1.807) is 46.8 Å². The number of nitrogens with zero attached hydrogens (tertiary/aromatic N) is 4. The molecule has 0 spiro atoms. The maximum Gasteiger partial charge on any atom is 0.422 e. The lowest BCUT2D eigenvalue weighted by Crippen LogP contribution is -2.27. The number of carbonyl (C=O) groups excluding carboxylic acids is 1. The maximum absolute atomic E-state index is 16.0. The molecule has 2 aromatic carbocycles. The summed E-state index contributed by atoms with van der Waals surface area (Å²) in [6.45, 7) is 7.21. The summed E-state index contributed by atoms with van der Waals surface area (Å²) in [6.07, 6.45) is -2.84. The summed E-state index contributed by atoms with van der Waals surface area (Å²) in [5.41, 5.74) is 2.49. The van der Waals surface area contributed by atoms with Crippen LogP contribution in [-0.2, 0) is 11.3 Å². The largest absolute Gasteiger partial charge is 0.489 e. The summed E-state index contributed by atoms with van der Waals surface area (Å²) < 4.78 is 73.2. The first-order valence-electron chi connectivity index (χ1n) is 14.2. The van der Waals surface area contributed by atoms with Crippen LogP contribution >= 0.6 is 0 Å². The fraction of sp³-hybridized carbons (Fsp3) is 0.273. The number of nitrogens with one attached hydrogen (secondary N) is 1. The molecule has 13 heteroatoms. The molecule has 1 amide bonds. The van der Waals surface area contributed by atoms with Gasteiger partial charge in [-0.2, -0.15) is 18.2 Å². The number of anilines is 1. The lowest BCUT2D eigenvalue weighted by molar-refractivity contribution is -0.153. The monoisotopic (exact) mass is 637 g/mol. The van der Waals surface area contributed by atoms with Gasteiger partial charge in [-0.15, -0.1) is 0 Å². The van der Waals surface area contributed by atoms with Crippen molar-refractivity contribution in [2.75, 3.05) is 11.9 Å². The standard InChI is InChI=1S/C33H31F4N5O4/c1-19-13-22(41-31(43)46-32(3,4)5)15-38-26(19)28-20(2)27-29(30(40-18-39-27)45-17-33(35,36)37)42(28)25-12-11-23(14-24(25)34)44-16-21-9-7-6-8-10-21/h6-15,18H,16-17H2,1-5H3,(H,41,43). The third kappa shape index (κ3) is 7.36. The van der Waals surface area contributed by atoms with Crippen LogP contribution in [-0.4, -0.2) is 44.0 Å². The van der Waals surface area contributed by atoms with Crippen LogP contribution in [0.25, 0.3) is 28.1 Å². The van der Waals surface area contributed by atoms with Crippen molar-refractivity contribution in [1.29, 1.82) is 0 Å². The lowest BCUT2D eigenvalue weighted by atomic mass is 10.1. The number of benzene rings is 2. The van der Waals surface area contributed by atoms with E-state index in [0.29, 0.717) is 28.2 Å². The lowest BCUT2D eigenvalue weighted by Gasteiger charge is -2.20. The second-order valence-electron chi connectivity index (χ2n) is 11.5. The highest BCUT2D eigenvalue weighted by Crippen LogP contribution is 2.40. The Bertz CT molecular complexity index is 1890. The smallest absolute Gasteiger partial charge is 0.422 e. The molecule has 0 fully saturated rings. The predicted octanol–water partition coefficient (Wildman–Crippen LogP) is 8.11. The molecule has 9 nitrogen and oxygen atoms in total. The third-order valence-electron chi connectivity index (χ3n) is 6.68. The average Bonchev–Trinajstić information content (AvgIpc) is 3.26. The van der Waals surface area contributed by atoms with E-state index in [1.165, 1.54) is 22.9 Å². The average molecular weight is 638 g/mol. The molecule has 0 aliphatic carbocycles. The minimum Gasteiger partial charge on any atom is -0.489 e. The van der Waals surface area contributed by atoms with Gasteiger partial charge in [0.2, 0.25) is 5.88 Å². The van der Waals surface area contributed by atoms with Gasteiger partial charge in [0, 0.05) is 11.6 Å². The van der Waals surface area contributed by atoms with Gasteiger partial charge in [-0.25, -0.2) is 14.2 Å². The number of hydrogen-bond donors (Lipinski definition) is 1. The molecule has 0 saturated heterocycles. The summed E-state index contributed by atoms with van der Waals surface area (Å²) in [5.74, 6) is -0.868. The molecule has 0 radical (unpaired) electrons. The van der Waals surface area contributed by atoms with Crippen LogP contribution in [0.5, 0.6) is 11.6 Å². The quantitative estimate of drug-likeness (QED) is 0.172. The number of alkyl halides is 3. The van der Waals surface area contributed by atoms with Crippen molar-refractivity contribution in [2.24, 2.45) is 0 Å². The summed E-state index contributed by atoms with van der Waals surface area (Å²) >= 11 is 0. The topological polar surface area (TPSA) is 100 Å². The summed E-state index contributed by atoms with van der Waals surface area (Å²) in [5, 5.41) is 2.63. The number of fused-ring (bicyclic) bond motifs is 1. The van der Waals surface area contributed by atoms with Gasteiger partial charge in [0.15, 0.2) is 12.4 Å². The van der Waals surface area contributed by atoms with E-state index in [-0.39, 0.29) is 35.0 Å².